The number of fused-ring (bicyclic) bond motifs is 1. The fourth-order valence-electron chi connectivity index (χ4n) is 2.61. The lowest BCUT2D eigenvalue weighted by Crippen LogP contribution is -2.40. The van der Waals surface area contributed by atoms with E-state index >= 15 is 0 Å². The minimum absolute atomic E-state index is 0.198. The average molecular weight is 292 g/mol. The largest absolute Gasteiger partial charge is 0.491 e. The summed E-state index contributed by atoms with van der Waals surface area (Å²) in [5.41, 5.74) is 1.11. The van der Waals surface area contributed by atoms with Crippen molar-refractivity contribution in [1.82, 2.24) is 5.32 Å². The van der Waals surface area contributed by atoms with Gasteiger partial charge in [0.05, 0.1) is 19.4 Å². The number of benzene rings is 1. The summed E-state index contributed by atoms with van der Waals surface area (Å²) in [6.07, 6.45) is 1.70. The van der Waals surface area contributed by atoms with E-state index in [2.05, 4.69) is 16.3 Å². The summed E-state index contributed by atoms with van der Waals surface area (Å²) in [6.45, 7) is 5.22. The number of ether oxygens (including phenoxy) is 2. The number of esters is 1. The lowest BCUT2D eigenvalue weighted by molar-refractivity contribution is -0.143. The highest BCUT2D eigenvalue weighted by molar-refractivity contribution is 5.75. The molecular weight excluding hydrogens is 268 g/mol. The van der Waals surface area contributed by atoms with Crippen molar-refractivity contribution in [3.63, 3.8) is 0 Å². The van der Waals surface area contributed by atoms with Crippen molar-refractivity contribution in [2.45, 2.75) is 25.8 Å². The predicted molar refractivity (Wildman–Crippen MR) is 82.9 cm³/mol. The standard InChI is InChI=1S/C16H24N2O3/c1-3-17-13(16(19)20-2)9-11-18-10-6-12-21-15-8-5-4-7-14(15)18/h4-5,7-8,13,17H,3,6,9-12H2,1-2H3. The molecule has 1 aromatic carbocycles. The molecule has 5 nitrogen and oxygen atoms in total. The van der Waals surface area contributed by atoms with Gasteiger partial charge in [-0.1, -0.05) is 19.1 Å². The number of hydrogen-bond acceptors (Lipinski definition) is 5. The molecule has 1 aliphatic heterocycles. The third kappa shape index (κ3) is 4.11. The van der Waals surface area contributed by atoms with Crippen LogP contribution in [0.2, 0.25) is 0 Å². The zero-order chi connectivity index (χ0) is 15.1. The number of methoxy groups -OCH3 is 1. The molecule has 1 unspecified atom stereocenters. The summed E-state index contributed by atoms with van der Waals surface area (Å²) in [7, 11) is 1.43. The van der Waals surface area contributed by atoms with E-state index in [0.29, 0.717) is 0 Å². The van der Waals surface area contributed by atoms with Crippen LogP contribution in [0, 0.1) is 0 Å². The van der Waals surface area contributed by atoms with Crippen LogP contribution in [-0.2, 0) is 9.53 Å². The number of nitrogens with one attached hydrogen (secondary N) is 1. The molecule has 2 rings (SSSR count). The first-order valence-electron chi connectivity index (χ1n) is 7.54. The molecule has 1 aromatic rings. The minimum Gasteiger partial charge on any atom is -0.491 e. The van der Waals surface area contributed by atoms with Gasteiger partial charge in [0, 0.05) is 13.1 Å². The zero-order valence-electron chi connectivity index (χ0n) is 12.8. The van der Waals surface area contributed by atoms with Crippen molar-refractivity contribution < 1.29 is 14.3 Å². The van der Waals surface area contributed by atoms with E-state index in [9.17, 15) is 4.79 Å². The first-order valence-corrected chi connectivity index (χ1v) is 7.54. The number of likely N-dealkylation sites (N-methyl/N-ethyl adjacent to an activating group) is 1. The monoisotopic (exact) mass is 292 g/mol. The molecule has 0 amide bonds. The molecule has 0 spiro atoms. The van der Waals surface area contributed by atoms with Crippen molar-refractivity contribution in [3.8, 4) is 5.75 Å². The second-order valence-corrected chi connectivity index (χ2v) is 5.08. The Balaban J connectivity index is 2.03. The van der Waals surface area contributed by atoms with Crippen LogP contribution in [0.3, 0.4) is 0 Å². The number of anilines is 1. The molecule has 5 heteroatoms. The van der Waals surface area contributed by atoms with E-state index in [1.807, 2.05) is 25.1 Å². The van der Waals surface area contributed by atoms with Crippen molar-refractivity contribution >= 4 is 11.7 Å². The van der Waals surface area contributed by atoms with Crippen LogP contribution in [0.1, 0.15) is 19.8 Å². The topological polar surface area (TPSA) is 50.8 Å². The predicted octanol–water partition coefficient (Wildman–Crippen LogP) is 1.82. The van der Waals surface area contributed by atoms with Crippen LogP contribution in [-0.4, -0.2) is 45.4 Å². The normalized spacial score (nSPS) is 15.6. The molecule has 0 fully saturated rings. The Morgan fingerprint density at radius 2 is 2.29 bits per heavy atom. The molecule has 0 radical (unpaired) electrons. The molecule has 0 aromatic heterocycles. The van der Waals surface area contributed by atoms with Gasteiger partial charge in [-0.15, -0.1) is 0 Å². The Bertz CT molecular complexity index is 465. The maximum atomic E-state index is 11.8. The summed E-state index contributed by atoms with van der Waals surface area (Å²) in [5, 5.41) is 3.18. The Labute approximate surface area is 126 Å². The third-order valence-electron chi connectivity index (χ3n) is 3.66. The highest BCUT2D eigenvalue weighted by atomic mass is 16.5. The van der Waals surface area contributed by atoms with Gasteiger partial charge in [0.25, 0.3) is 0 Å². The van der Waals surface area contributed by atoms with Crippen LogP contribution in [0.4, 0.5) is 5.69 Å². The van der Waals surface area contributed by atoms with Crippen LogP contribution >= 0.6 is 0 Å². The summed E-state index contributed by atoms with van der Waals surface area (Å²) in [4.78, 5) is 14.0. The fraction of sp³-hybridized carbons (Fsp3) is 0.562. The van der Waals surface area contributed by atoms with Gasteiger partial charge in [-0.2, -0.15) is 0 Å². The van der Waals surface area contributed by atoms with Crippen molar-refractivity contribution in [2.24, 2.45) is 0 Å². The molecule has 0 saturated heterocycles. The highest BCUT2D eigenvalue weighted by Crippen LogP contribution is 2.30. The number of hydrogen-bond donors (Lipinski definition) is 1. The molecule has 1 atom stereocenters. The van der Waals surface area contributed by atoms with E-state index < -0.39 is 0 Å². The van der Waals surface area contributed by atoms with E-state index in [0.717, 1.165) is 50.5 Å². The van der Waals surface area contributed by atoms with Gasteiger partial charge in [-0.25, -0.2) is 0 Å². The molecule has 21 heavy (non-hydrogen) atoms. The molecule has 116 valence electrons. The number of rotatable bonds is 6. The number of carbonyl (C=O) groups is 1. The average Bonchev–Trinajstić information content (AvgIpc) is 2.73. The Morgan fingerprint density at radius 1 is 1.48 bits per heavy atom. The number of nitrogens with zero attached hydrogens (tertiary/aromatic N) is 1. The molecule has 0 aliphatic carbocycles. The third-order valence-corrected chi connectivity index (χ3v) is 3.66. The Hall–Kier alpha value is -1.75. The van der Waals surface area contributed by atoms with E-state index in [1.165, 1.54) is 7.11 Å². The molecule has 1 heterocycles. The van der Waals surface area contributed by atoms with Gasteiger partial charge in [-0.3, -0.25) is 4.79 Å². The zero-order valence-corrected chi connectivity index (χ0v) is 12.8. The SMILES string of the molecule is CCNC(CCN1CCCOc2ccccc21)C(=O)OC. The second kappa shape index (κ2) is 7.88. The van der Waals surface area contributed by atoms with E-state index in [4.69, 9.17) is 9.47 Å². The number of carbonyl (C=O) groups excluding carboxylic acids is 1. The summed E-state index contributed by atoms with van der Waals surface area (Å²) in [5.74, 6) is 0.726. The Morgan fingerprint density at radius 3 is 3.05 bits per heavy atom. The molecular formula is C16H24N2O3. The van der Waals surface area contributed by atoms with Gasteiger partial charge < -0.3 is 19.7 Å². The Kier molecular flexibility index (Phi) is 5.87. The van der Waals surface area contributed by atoms with Gasteiger partial charge >= 0.3 is 5.97 Å². The first-order chi connectivity index (χ1) is 10.3. The molecule has 0 saturated carbocycles. The second-order valence-electron chi connectivity index (χ2n) is 5.08. The molecule has 0 bridgehead atoms. The maximum Gasteiger partial charge on any atom is 0.322 e. The number of para-hydroxylation sites is 2. The van der Waals surface area contributed by atoms with Crippen LogP contribution in [0.15, 0.2) is 24.3 Å². The lowest BCUT2D eigenvalue weighted by Gasteiger charge is -2.25. The fourth-order valence-corrected chi connectivity index (χ4v) is 2.61. The quantitative estimate of drug-likeness (QED) is 0.811. The van der Waals surface area contributed by atoms with Gasteiger partial charge in [0.1, 0.15) is 11.8 Å². The van der Waals surface area contributed by atoms with Gasteiger partial charge in [0.2, 0.25) is 0 Å². The first kappa shape index (κ1) is 15.6. The minimum atomic E-state index is -0.253. The van der Waals surface area contributed by atoms with Crippen molar-refractivity contribution in [2.75, 3.05) is 38.3 Å². The summed E-state index contributed by atoms with van der Waals surface area (Å²) in [6, 6.07) is 7.81. The van der Waals surface area contributed by atoms with Crippen LogP contribution in [0.5, 0.6) is 5.75 Å². The molecule has 1 aliphatic rings. The highest BCUT2D eigenvalue weighted by Gasteiger charge is 2.21. The van der Waals surface area contributed by atoms with Gasteiger partial charge in [0.15, 0.2) is 0 Å². The summed E-state index contributed by atoms with van der Waals surface area (Å²) < 4.78 is 10.6. The van der Waals surface area contributed by atoms with Crippen molar-refractivity contribution in [3.05, 3.63) is 24.3 Å². The van der Waals surface area contributed by atoms with Crippen LogP contribution in [0.25, 0.3) is 0 Å². The van der Waals surface area contributed by atoms with Gasteiger partial charge in [-0.05, 0) is 31.5 Å². The van der Waals surface area contributed by atoms with Crippen LogP contribution < -0.4 is 15.0 Å². The van der Waals surface area contributed by atoms with E-state index in [-0.39, 0.29) is 12.0 Å². The van der Waals surface area contributed by atoms with Crippen molar-refractivity contribution in [1.29, 1.82) is 0 Å². The smallest absolute Gasteiger partial charge is 0.322 e. The summed E-state index contributed by atoms with van der Waals surface area (Å²) >= 11 is 0. The van der Waals surface area contributed by atoms with E-state index in [1.54, 1.807) is 0 Å². The lowest BCUT2D eigenvalue weighted by atomic mass is 10.1. The maximum absolute atomic E-state index is 11.8. The molecule has 1 N–H and O–H groups in total.